The van der Waals surface area contributed by atoms with E-state index in [0.717, 1.165) is 36.2 Å². The second-order valence-corrected chi connectivity index (χ2v) is 9.63. The molecule has 192 valence electrons. The maximum absolute atomic E-state index is 15.2. The van der Waals surface area contributed by atoms with Crippen molar-refractivity contribution in [3.8, 4) is 11.1 Å². The first-order valence-electron chi connectivity index (χ1n) is 12.8. The second kappa shape index (κ2) is 10.9. The van der Waals surface area contributed by atoms with Crippen LogP contribution in [0.5, 0.6) is 0 Å². The van der Waals surface area contributed by atoms with Gasteiger partial charge in [0.2, 0.25) is 0 Å². The van der Waals surface area contributed by atoms with Crippen LogP contribution in [0.3, 0.4) is 0 Å². The number of anilines is 1. The fourth-order valence-corrected chi connectivity index (χ4v) is 5.06. The molecule has 0 radical (unpaired) electrons. The minimum atomic E-state index is -1.04. The van der Waals surface area contributed by atoms with Crippen molar-refractivity contribution in [2.24, 2.45) is 0 Å². The van der Waals surface area contributed by atoms with Gasteiger partial charge in [-0.25, -0.2) is 9.18 Å². The van der Waals surface area contributed by atoms with E-state index in [1.165, 1.54) is 12.1 Å². The molecule has 0 saturated heterocycles. The molecular formula is C32H29FN2O3. The Morgan fingerprint density at radius 1 is 0.974 bits per heavy atom. The van der Waals surface area contributed by atoms with Gasteiger partial charge in [0.05, 0.1) is 11.6 Å². The van der Waals surface area contributed by atoms with Gasteiger partial charge in [-0.1, -0.05) is 60.7 Å². The summed E-state index contributed by atoms with van der Waals surface area (Å²) in [6.07, 6.45) is 1.76. The quantitative estimate of drug-likeness (QED) is 0.294. The van der Waals surface area contributed by atoms with Gasteiger partial charge in [-0.15, -0.1) is 0 Å². The van der Waals surface area contributed by atoms with Gasteiger partial charge in [0.1, 0.15) is 5.82 Å². The molecule has 5 nitrogen and oxygen atoms in total. The fraction of sp³-hybridized carbons (Fsp3) is 0.188. The molecule has 1 amide bonds. The van der Waals surface area contributed by atoms with E-state index >= 15 is 4.39 Å². The lowest BCUT2D eigenvalue weighted by Crippen LogP contribution is -2.30. The number of amides is 1. The zero-order valence-electron chi connectivity index (χ0n) is 21.2. The predicted molar refractivity (Wildman–Crippen MR) is 147 cm³/mol. The highest BCUT2D eigenvalue weighted by atomic mass is 19.1. The van der Waals surface area contributed by atoms with Crippen molar-refractivity contribution in [2.45, 2.75) is 32.4 Å². The van der Waals surface area contributed by atoms with Crippen LogP contribution in [0.25, 0.3) is 11.1 Å². The third kappa shape index (κ3) is 5.30. The molecule has 1 unspecified atom stereocenters. The van der Waals surface area contributed by atoms with E-state index in [0.29, 0.717) is 28.8 Å². The van der Waals surface area contributed by atoms with Gasteiger partial charge < -0.3 is 15.3 Å². The number of carboxylic acid groups (broad SMARTS) is 1. The minimum absolute atomic E-state index is 0.107. The van der Waals surface area contributed by atoms with Crippen molar-refractivity contribution in [1.82, 2.24) is 5.32 Å². The normalized spacial score (nSPS) is 13.5. The molecule has 6 heteroatoms. The van der Waals surface area contributed by atoms with Crippen LogP contribution in [0, 0.1) is 5.82 Å². The summed E-state index contributed by atoms with van der Waals surface area (Å²) in [5, 5.41) is 12.6. The minimum Gasteiger partial charge on any atom is -0.478 e. The Morgan fingerprint density at radius 3 is 2.50 bits per heavy atom. The van der Waals surface area contributed by atoms with Crippen LogP contribution in [0.15, 0.2) is 91.0 Å². The molecule has 5 rings (SSSR count). The van der Waals surface area contributed by atoms with Crippen LogP contribution < -0.4 is 10.2 Å². The van der Waals surface area contributed by atoms with Crippen molar-refractivity contribution in [3.05, 3.63) is 125 Å². The first-order chi connectivity index (χ1) is 18.4. The average molecular weight is 509 g/mol. The average Bonchev–Trinajstić information content (AvgIpc) is 2.94. The first-order valence-corrected chi connectivity index (χ1v) is 12.8. The third-order valence-electron chi connectivity index (χ3n) is 7.09. The predicted octanol–water partition coefficient (Wildman–Crippen LogP) is 6.63. The zero-order chi connectivity index (χ0) is 26.6. The van der Waals surface area contributed by atoms with E-state index in [4.69, 9.17) is 0 Å². The van der Waals surface area contributed by atoms with Gasteiger partial charge in [-0.2, -0.15) is 0 Å². The molecule has 0 spiro atoms. The number of nitrogens with one attached hydrogen (secondary N) is 1. The number of aromatic carboxylic acids is 1. The Bertz CT molecular complexity index is 1490. The first kappa shape index (κ1) is 25.2. The number of carbonyl (C=O) groups excluding carboxylic acids is 1. The Balaban J connectivity index is 1.33. The molecular weight excluding hydrogens is 479 g/mol. The molecule has 0 aromatic heterocycles. The Morgan fingerprint density at radius 2 is 1.74 bits per heavy atom. The van der Waals surface area contributed by atoms with Crippen molar-refractivity contribution >= 4 is 17.6 Å². The number of halogens is 1. The molecule has 1 heterocycles. The largest absolute Gasteiger partial charge is 0.478 e. The standard InChI is InChI=1S/C32H29FN2O3/c1-21(22-8-3-2-4-9-22)34-31(36)25-15-16-30-24(18-25)10-7-17-35(30)20-26-14-13-23(19-29(26)33)27-11-5-6-12-28(27)32(37)38/h2-6,8-9,11-16,18-19,21H,7,10,17,20H2,1H3,(H,34,36)(H,37,38). The number of hydrogen-bond donors (Lipinski definition) is 2. The van der Waals surface area contributed by atoms with Gasteiger partial charge in [0.15, 0.2) is 0 Å². The molecule has 4 aromatic carbocycles. The van der Waals surface area contributed by atoms with Gasteiger partial charge in [-0.3, -0.25) is 4.79 Å². The summed E-state index contributed by atoms with van der Waals surface area (Å²) in [7, 11) is 0. The Labute approximate surface area is 221 Å². The molecule has 1 aliphatic heterocycles. The van der Waals surface area contributed by atoms with Crippen LogP contribution in [-0.2, 0) is 13.0 Å². The van der Waals surface area contributed by atoms with E-state index < -0.39 is 5.97 Å². The number of carbonyl (C=O) groups is 2. The van der Waals surface area contributed by atoms with Gasteiger partial charge in [-0.05, 0) is 72.4 Å². The van der Waals surface area contributed by atoms with Crippen LogP contribution in [0.1, 0.15) is 56.8 Å². The number of benzene rings is 4. The number of fused-ring (bicyclic) bond motifs is 1. The van der Waals surface area contributed by atoms with Crippen molar-refractivity contribution < 1.29 is 19.1 Å². The highest BCUT2D eigenvalue weighted by Crippen LogP contribution is 2.31. The summed E-state index contributed by atoms with van der Waals surface area (Å²) in [5.74, 6) is -1.54. The van der Waals surface area contributed by atoms with Crippen molar-refractivity contribution in [3.63, 3.8) is 0 Å². The monoisotopic (exact) mass is 508 g/mol. The van der Waals surface area contributed by atoms with Crippen LogP contribution in [0.4, 0.5) is 10.1 Å². The Hall–Kier alpha value is -4.45. The molecule has 0 aliphatic carbocycles. The van der Waals surface area contributed by atoms with Gasteiger partial charge in [0, 0.05) is 29.9 Å². The summed E-state index contributed by atoms with van der Waals surface area (Å²) < 4.78 is 15.2. The molecule has 1 atom stereocenters. The number of aryl methyl sites for hydroxylation is 1. The molecule has 2 N–H and O–H groups in total. The topological polar surface area (TPSA) is 69.6 Å². The smallest absolute Gasteiger partial charge is 0.336 e. The van der Waals surface area contributed by atoms with Gasteiger partial charge >= 0.3 is 5.97 Å². The summed E-state index contributed by atoms with van der Waals surface area (Å²) in [4.78, 5) is 26.7. The SMILES string of the molecule is CC(NC(=O)c1ccc2c(c1)CCCN2Cc1ccc(-c2ccccc2C(=O)O)cc1F)c1ccccc1. The van der Waals surface area contributed by atoms with Crippen molar-refractivity contribution in [2.75, 3.05) is 11.4 Å². The lowest BCUT2D eigenvalue weighted by molar-refractivity contribution is 0.0697. The summed E-state index contributed by atoms with van der Waals surface area (Å²) in [6.45, 7) is 3.14. The molecule has 0 fully saturated rings. The highest BCUT2D eigenvalue weighted by molar-refractivity contribution is 5.96. The van der Waals surface area contributed by atoms with E-state index in [1.54, 1.807) is 30.3 Å². The summed E-state index contributed by atoms with van der Waals surface area (Å²) in [5.41, 5.74) is 5.43. The van der Waals surface area contributed by atoms with E-state index in [-0.39, 0.29) is 23.3 Å². The maximum Gasteiger partial charge on any atom is 0.336 e. The molecule has 4 aromatic rings. The number of carboxylic acids is 1. The summed E-state index contributed by atoms with van der Waals surface area (Å²) >= 11 is 0. The van der Waals surface area contributed by atoms with Crippen molar-refractivity contribution in [1.29, 1.82) is 0 Å². The van der Waals surface area contributed by atoms with Crippen LogP contribution in [0.2, 0.25) is 0 Å². The second-order valence-electron chi connectivity index (χ2n) is 9.63. The highest BCUT2D eigenvalue weighted by Gasteiger charge is 2.21. The van der Waals surface area contributed by atoms with E-state index in [2.05, 4.69) is 10.2 Å². The zero-order valence-corrected chi connectivity index (χ0v) is 21.2. The van der Waals surface area contributed by atoms with E-state index in [1.807, 2.05) is 55.5 Å². The molecule has 38 heavy (non-hydrogen) atoms. The molecule has 0 saturated carbocycles. The molecule has 0 bridgehead atoms. The van der Waals surface area contributed by atoms with Crippen LogP contribution in [-0.4, -0.2) is 23.5 Å². The van der Waals surface area contributed by atoms with E-state index in [9.17, 15) is 14.7 Å². The van der Waals surface area contributed by atoms with Gasteiger partial charge in [0.25, 0.3) is 5.91 Å². The lowest BCUT2D eigenvalue weighted by Gasteiger charge is -2.32. The Kier molecular flexibility index (Phi) is 7.22. The lowest BCUT2D eigenvalue weighted by atomic mass is 9.96. The number of nitrogens with zero attached hydrogens (tertiary/aromatic N) is 1. The maximum atomic E-state index is 15.2. The molecule has 1 aliphatic rings. The number of rotatable bonds is 7. The fourth-order valence-electron chi connectivity index (χ4n) is 5.06. The number of hydrogen-bond acceptors (Lipinski definition) is 3. The third-order valence-corrected chi connectivity index (χ3v) is 7.09. The van der Waals surface area contributed by atoms with Crippen LogP contribution >= 0.6 is 0 Å². The summed E-state index contributed by atoms with van der Waals surface area (Å²) in [6, 6.07) is 27.0.